The van der Waals surface area contributed by atoms with Gasteiger partial charge in [0, 0.05) is 33.7 Å². The Morgan fingerprint density at radius 3 is 2.59 bits per heavy atom. The second kappa shape index (κ2) is 8.87. The Morgan fingerprint density at radius 1 is 1.21 bits per heavy atom. The van der Waals surface area contributed by atoms with E-state index in [9.17, 15) is 19.7 Å². The molecule has 150 valence electrons. The Kier molecular flexibility index (Phi) is 6.28. The van der Waals surface area contributed by atoms with Crippen molar-refractivity contribution < 1.29 is 19.2 Å². The normalized spacial score (nSPS) is 11.8. The minimum atomic E-state index is -0.536. The maximum Gasteiger partial charge on any atom is 0.307 e. The first-order valence-corrected chi connectivity index (χ1v) is 9.51. The summed E-state index contributed by atoms with van der Waals surface area (Å²) in [6, 6.07) is 13.0. The van der Waals surface area contributed by atoms with Crippen molar-refractivity contribution in [2.45, 2.75) is 19.0 Å². The van der Waals surface area contributed by atoms with Crippen molar-refractivity contribution in [2.24, 2.45) is 0 Å². The van der Waals surface area contributed by atoms with Crippen molar-refractivity contribution in [3.05, 3.63) is 74.9 Å². The molecule has 2 aromatic carbocycles. The van der Waals surface area contributed by atoms with Crippen molar-refractivity contribution in [3.8, 4) is 0 Å². The van der Waals surface area contributed by atoms with Crippen LogP contribution < -0.4 is 5.32 Å². The number of amides is 1. The highest BCUT2D eigenvalue weighted by atomic mass is 79.9. The van der Waals surface area contributed by atoms with Gasteiger partial charge >= 0.3 is 5.97 Å². The molecule has 0 radical (unpaired) electrons. The van der Waals surface area contributed by atoms with Crippen molar-refractivity contribution >= 4 is 44.4 Å². The zero-order valence-electron chi connectivity index (χ0n) is 15.5. The zero-order chi connectivity index (χ0) is 21.0. The van der Waals surface area contributed by atoms with Crippen LogP contribution in [0, 0.1) is 10.1 Å². The van der Waals surface area contributed by atoms with Gasteiger partial charge in [0.05, 0.1) is 24.5 Å². The van der Waals surface area contributed by atoms with E-state index >= 15 is 0 Å². The summed E-state index contributed by atoms with van der Waals surface area (Å²) < 4.78 is 7.33. The largest absolute Gasteiger partial charge is 0.469 e. The summed E-state index contributed by atoms with van der Waals surface area (Å²) in [6.45, 7) is 0.00944. The Hall–Kier alpha value is -3.20. The van der Waals surface area contributed by atoms with E-state index in [0.29, 0.717) is 10.9 Å². The zero-order valence-corrected chi connectivity index (χ0v) is 17.1. The smallest absolute Gasteiger partial charge is 0.307 e. The lowest BCUT2D eigenvalue weighted by molar-refractivity contribution is -0.384. The molecule has 0 aliphatic rings. The van der Waals surface area contributed by atoms with Crippen LogP contribution in [0.5, 0.6) is 0 Å². The summed E-state index contributed by atoms with van der Waals surface area (Å²) in [6.07, 6.45) is 1.70. The van der Waals surface area contributed by atoms with E-state index in [-0.39, 0.29) is 24.6 Å². The van der Waals surface area contributed by atoms with Gasteiger partial charge in [0.1, 0.15) is 6.54 Å². The van der Waals surface area contributed by atoms with Gasteiger partial charge in [-0.25, -0.2) is 0 Å². The van der Waals surface area contributed by atoms with Crippen LogP contribution in [0.15, 0.2) is 59.2 Å². The second-order valence-electron chi connectivity index (χ2n) is 6.40. The van der Waals surface area contributed by atoms with Gasteiger partial charge in [0.2, 0.25) is 5.91 Å². The fraction of sp³-hybridized carbons (Fsp3) is 0.200. The fourth-order valence-corrected chi connectivity index (χ4v) is 3.30. The molecular weight excluding hydrogens is 442 g/mol. The van der Waals surface area contributed by atoms with Gasteiger partial charge in [0.15, 0.2) is 0 Å². The number of carbonyl (C=O) groups is 2. The van der Waals surface area contributed by atoms with Gasteiger partial charge in [0.25, 0.3) is 5.69 Å². The molecule has 0 aliphatic carbocycles. The third kappa shape index (κ3) is 5.00. The number of esters is 1. The summed E-state index contributed by atoms with van der Waals surface area (Å²) in [5.41, 5.74) is 1.48. The molecule has 1 atom stereocenters. The third-order valence-electron chi connectivity index (χ3n) is 4.49. The number of benzene rings is 2. The molecule has 0 aliphatic heterocycles. The molecule has 3 aromatic rings. The number of rotatable bonds is 7. The van der Waals surface area contributed by atoms with Crippen molar-refractivity contribution in [1.29, 1.82) is 0 Å². The number of carbonyl (C=O) groups excluding carboxylic acids is 2. The molecule has 0 spiro atoms. The lowest BCUT2D eigenvalue weighted by Gasteiger charge is -2.19. The number of hydrogen-bond acceptors (Lipinski definition) is 5. The maximum absolute atomic E-state index is 12.6. The predicted octanol–water partition coefficient (Wildman–Crippen LogP) is 3.73. The predicted molar refractivity (Wildman–Crippen MR) is 110 cm³/mol. The minimum absolute atomic E-state index is 0.00247. The highest BCUT2D eigenvalue weighted by molar-refractivity contribution is 9.10. The summed E-state index contributed by atoms with van der Waals surface area (Å²) in [4.78, 5) is 34.9. The van der Waals surface area contributed by atoms with E-state index in [1.807, 2.05) is 24.3 Å². The molecule has 1 heterocycles. The van der Waals surface area contributed by atoms with E-state index in [1.165, 1.54) is 19.2 Å². The number of nitro groups is 1. The van der Waals surface area contributed by atoms with Crippen LogP contribution in [0.4, 0.5) is 5.69 Å². The van der Waals surface area contributed by atoms with E-state index in [1.54, 1.807) is 22.9 Å². The molecule has 1 amide bonds. The van der Waals surface area contributed by atoms with Gasteiger partial charge < -0.3 is 14.6 Å². The first kappa shape index (κ1) is 20.5. The topological polar surface area (TPSA) is 103 Å². The Morgan fingerprint density at radius 2 is 1.93 bits per heavy atom. The van der Waals surface area contributed by atoms with Crippen molar-refractivity contribution in [2.75, 3.05) is 7.11 Å². The molecule has 0 saturated carbocycles. The number of non-ortho nitro benzene ring substituents is 1. The van der Waals surface area contributed by atoms with Crippen LogP contribution >= 0.6 is 15.9 Å². The summed E-state index contributed by atoms with van der Waals surface area (Å²) in [7, 11) is 1.30. The molecule has 1 N–H and O–H groups in total. The van der Waals surface area contributed by atoms with E-state index in [0.717, 1.165) is 10.0 Å². The van der Waals surface area contributed by atoms with Crippen LogP contribution in [0.3, 0.4) is 0 Å². The van der Waals surface area contributed by atoms with Gasteiger partial charge in [-0.2, -0.15) is 0 Å². The Bertz CT molecular complexity index is 1060. The molecule has 29 heavy (non-hydrogen) atoms. The fourth-order valence-electron chi connectivity index (χ4n) is 3.03. The molecule has 0 fully saturated rings. The van der Waals surface area contributed by atoms with Gasteiger partial charge in [-0.3, -0.25) is 19.7 Å². The summed E-state index contributed by atoms with van der Waals surface area (Å²) >= 11 is 3.36. The average Bonchev–Trinajstić information content (AvgIpc) is 3.09. The number of hydrogen-bond donors (Lipinski definition) is 1. The van der Waals surface area contributed by atoms with Crippen LogP contribution in [0.2, 0.25) is 0 Å². The minimum Gasteiger partial charge on any atom is -0.469 e. The molecule has 3 rings (SSSR count). The van der Waals surface area contributed by atoms with Crippen molar-refractivity contribution in [1.82, 2.24) is 9.88 Å². The molecule has 0 saturated heterocycles. The number of aromatic nitrogens is 1. The number of nitrogens with one attached hydrogen (secondary N) is 1. The van der Waals surface area contributed by atoms with Crippen LogP contribution in [0.25, 0.3) is 10.9 Å². The van der Waals surface area contributed by atoms with Gasteiger partial charge in [-0.1, -0.05) is 28.1 Å². The quantitative estimate of drug-likeness (QED) is 0.329. The Balaban J connectivity index is 1.77. The highest BCUT2D eigenvalue weighted by Gasteiger charge is 2.19. The van der Waals surface area contributed by atoms with Crippen molar-refractivity contribution in [3.63, 3.8) is 0 Å². The van der Waals surface area contributed by atoms with Gasteiger partial charge in [-0.15, -0.1) is 0 Å². The number of nitrogens with zero attached hydrogens (tertiary/aromatic N) is 2. The molecule has 1 aromatic heterocycles. The SMILES string of the molecule is COC(=O)CC(NC(=O)Cn1ccc2cc([N+](=O)[O-])ccc21)c1ccc(Br)cc1. The lowest BCUT2D eigenvalue weighted by atomic mass is 10.0. The number of halogens is 1. The average molecular weight is 460 g/mol. The monoisotopic (exact) mass is 459 g/mol. The molecular formula is C20H18BrN3O5. The van der Waals surface area contributed by atoms with E-state index in [2.05, 4.69) is 21.2 Å². The first-order valence-electron chi connectivity index (χ1n) is 8.72. The molecule has 0 bridgehead atoms. The van der Waals surface area contributed by atoms with Gasteiger partial charge in [-0.05, 0) is 29.8 Å². The second-order valence-corrected chi connectivity index (χ2v) is 7.31. The maximum atomic E-state index is 12.6. The highest BCUT2D eigenvalue weighted by Crippen LogP contribution is 2.23. The van der Waals surface area contributed by atoms with E-state index < -0.39 is 16.9 Å². The van der Waals surface area contributed by atoms with Crippen LogP contribution in [-0.4, -0.2) is 28.5 Å². The van der Waals surface area contributed by atoms with Crippen LogP contribution in [0.1, 0.15) is 18.0 Å². The Labute approximate surface area is 174 Å². The summed E-state index contributed by atoms with van der Waals surface area (Å²) in [5.74, 6) is -0.727. The standard InChI is InChI=1S/C20H18BrN3O5/c1-29-20(26)11-17(13-2-4-15(21)5-3-13)22-19(25)12-23-9-8-14-10-16(24(27)28)6-7-18(14)23/h2-10,17H,11-12H2,1H3,(H,22,25). The molecule has 1 unspecified atom stereocenters. The number of methoxy groups -OCH3 is 1. The summed E-state index contributed by atoms with van der Waals surface area (Å²) in [5, 5.41) is 14.5. The van der Waals surface area contributed by atoms with E-state index in [4.69, 9.17) is 4.74 Å². The third-order valence-corrected chi connectivity index (χ3v) is 5.01. The molecule has 9 heteroatoms. The number of nitro benzene ring substituents is 1. The molecule has 8 nitrogen and oxygen atoms in total. The first-order chi connectivity index (χ1) is 13.9. The van der Waals surface area contributed by atoms with Crippen LogP contribution in [-0.2, 0) is 20.9 Å². The lowest BCUT2D eigenvalue weighted by Crippen LogP contribution is -2.33. The number of ether oxygens (including phenoxy) is 1. The number of fused-ring (bicyclic) bond motifs is 1.